The van der Waals surface area contributed by atoms with Gasteiger partial charge in [-0.1, -0.05) is 198 Å². The van der Waals surface area contributed by atoms with Crippen molar-refractivity contribution in [3.05, 3.63) is 410 Å². The minimum atomic E-state index is -0.394. The number of morpholine rings is 1. The Morgan fingerprint density at radius 3 is 1.15 bits per heavy atom. The Labute approximate surface area is 846 Å². The van der Waals surface area contributed by atoms with Gasteiger partial charge in [0.25, 0.3) is 17.7 Å². The summed E-state index contributed by atoms with van der Waals surface area (Å²) in [6.45, 7) is 14.4. The van der Waals surface area contributed by atoms with Gasteiger partial charge in [0.2, 0.25) is 0 Å². The zero-order valence-electron chi connectivity index (χ0n) is 77.8. The lowest BCUT2D eigenvalue weighted by atomic mass is 10.1. The Morgan fingerprint density at radius 2 is 0.697 bits per heavy atom. The standard InChI is InChI=1S/C32H28ClFN4O.C30H25ClFN5O.C28H26ClFN4O.C24H21Cl2N3O/c33-27-13-10-24(11-14-27)31-29(38-21-26(12-15-30(38)35-31)23-6-2-1-3-7-23)22-36-16-5-17-37(19-18-36)32(39)25-8-4-9-28(34)20-25;31-24-10-6-22(7-11-24)29-27(37-19-26(33-18-28(37)34-29)21-4-2-1-3-5-21)20-35-14-16-36(17-15-35)30(38)23-8-12-25(32)13-9-23;29-23-8-3-20(4-9-23)27-25(34-17-22(19-1-2-19)7-12-26(34)31-27)18-32-13-15-33(16-14-32)28(35)21-5-10-24(30)11-6-21;25-19-7-8-20(21(26)14-19)24-22(16-28-10-12-30-13-11-28)29-15-18(6-9-23(29)27-24)17-4-2-1-3-5-17/h1-4,6-15,20-21H,5,16-19,22H2;1-13,18-19H,14-17,20H2;3-12,17,19H,1-2,13-16,18H2;1-9,14-15H,10-13,16H2. The van der Waals surface area contributed by atoms with E-state index in [1.54, 1.807) is 42.5 Å². The number of ether oxygens (including phenoxy) is 1. The number of hydrogen-bond acceptors (Lipinski definition) is 13. The average molecular weight is 1990 g/mol. The molecule has 4 aliphatic heterocycles. The third-order valence-electron chi connectivity index (χ3n) is 26.7. The molecule has 1 aliphatic carbocycles. The first-order valence-electron chi connectivity index (χ1n) is 47.7. The van der Waals surface area contributed by atoms with Crippen LogP contribution in [-0.4, -0.2) is 199 Å². The zero-order valence-corrected chi connectivity index (χ0v) is 81.5. The van der Waals surface area contributed by atoms with E-state index in [4.69, 9.17) is 82.7 Å². The van der Waals surface area contributed by atoms with Crippen molar-refractivity contribution in [2.45, 2.75) is 51.4 Å². The van der Waals surface area contributed by atoms with Crippen molar-refractivity contribution in [1.82, 2.24) is 76.8 Å². The number of amides is 3. The predicted molar refractivity (Wildman–Crippen MR) is 557 cm³/mol. The Hall–Kier alpha value is -13.7. The van der Waals surface area contributed by atoms with Gasteiger partial charge in [-0.05, 0) is 205 Å². The number of pyridine rings is 3. The van der Waals surface area contributed by atoms with Gasteiger partial charge in [-0.2, -0.15) is 0 Å². The highest BCUT2D eigenvalue weighted by molar-refractivity contribution is 6.36. The number of halogens is 8. The van der Waals surface area contributed by atoms with Crippen LogP contribution < -0.4 is 0 Å². The molecule has 5 fully saturated rings. The number of nitrogens with zero attached hydrogens (tertiary/aromatic N) is 16. The van der Waals surface area contributed by atoms with Crippen LogP contribution >= 0.6 is 58.0 Å². The van der Waals surface area contributed by atoms with Gasteiger partial charge in [0, 0.05) is 207 Å². The van der Waals surface area contributed by atoms with Gasteiger partial charge in [0.1, 0.15) is 34.4 Å². The quantitative estimate of drug-likeness (QED) is 0.0751. The Morgan fingerprint density at radius 1 is 0.310 bits per heavy atom. The molecule has 23 rings (SSSR count). The fraction of sp³-hybridized carbons (Fsp3) is 0.211. The minimum absolute atomic E-state index is 0.0459. The summed E-state index contributed by atoms with van der Waals surface area (Å²) in [7, 11) is 0. The Kier molecular flexibility index (Phi) is 29.6. The second-order valence-electron chi connectivity index (χ2n) is 36.1. The van der Waals surface area contributed by atoms with E-state index in [2.05, 4.69) is 134 Å². The molecule has 0 spiro atoms. The summed E-state index contributed by atoms with van der Waals surface area (Å²) in [4.78, 5) is 78.4. The summed E-state index contributed by atoms with van der Waals surface area (Å²) in [6, 6.07) is 89.9. The lowest BCUT2D eigenvalue weighted by Gasteiger charge is -2.34. The van der Waals surface area contributed by atoms with Crippen LogP contribution in [0.3, 0.4) is 0 Å². The van der Waals surface area contributed by atoms with Gasteiger partial charge in [0.05, 0.1) is 75.7 Å². The van der Waals surface area contributed by atoms with Crippen molar-refractivity contribution in [2.24, 2.45) is 0 Å². The largest absolute Gasteiger partial charge is 0.379 e. The first-order valence-corrected chi connectivity index (χ1v) is 49.6. The second kappa shape index (κ2) is 43.8. The number of imidazole rings is 4. The van der Waals surface area contributed by atoms with Crippen LogP contribution in [0.15, 0.2) is 322 Å². The van der Waals surface area contributed by atoms with E-state index >= 15 is 0 Å². The number of carbonyl (C=O) groups is 3. The fourth-order valence-corrected chi connectivity index (χ4v) is 19.7. The Bertz CT molecular complexity index is 7530. The van der Waals surface area contributed by atoms with Gasteiger partial charge in [0.15, 0.2) is 5.65 Å². The zero-order chi connectivity index (χ0) is 97.3. The van der Waals surface area contributed by atoms with Crippen molar-refractivity contribution in [2.75, 3.05) is 105 Å². The number of hydrogen-bond donors (Lipinski definition) is 0. The van der Waals surface area contributed by atoms with E-state index in [1.807, 2.05) is 167 Å². The molecule has 5 aliphatic rings. The molecular formula is C114H100Cl5F3N16O4. The molecule has 0 N–H and O–H groups in total. The molecule has 18 aromatic rings. The maximum Gasteiger partial charge on any atom is 0.254 e. The maximum absolute atomic E-state index is 13.7. The molecule has 3 amide bonds. The molecule has 0 atom stereocenters. The maximum atomic E-state index is 13.7. The highest BCUT2D eigenvalue weighted by Crippen LogP contribution is 2.42. The number of rotatable bonds is 19. The molecule has 12 heterocycles. The molecular weight excluding hydrogens is 1890 g/mol. The summed E-state index contributed by atoms with van der Waals surface area (Å²) >= 11 is 31.2. The normalized spacial score (nSPS) is 15.1. The second-order valence-corrected chi connectivity index (χ2v) is 38.3. The van der Waals surface area contributed by atoms with Gasteiger partial charge in [-0.3, -0.25) is 43.4 Å². The minimum Gasteiger partial charge on any atom is -0.379 e. The van der Waals surface area contributed by atoms with E-state index in [0.717, 1.165) is 197 Å². The Balaban J connectivity index is 0.000000116. The first kappa shape index (κ1) is 95.9. The van der Waals surface area contributed by atoms with E-state index in [1.165, 1.54) is 60.4 Å². The molecule has 716 valence electrons. The lowest BCUT2D eigenvalue weighted by molar-refractivity contribution is 0.0336. The van der Waals surface area contributed by atoms with Crippen molar-refractivity contribution in [3.63, 3.8) is 0 Å². The molecule has 10 aromatic carbocycles. The van der Waals surface area contributed by atoms with Crippen LogP contribution in [-0.2, 0) is 30.9 Å². The molecule has 1 saturated carbocycles. The molecule has 0 unspecified atom stereocenters. The summed E-state index contributed by atoms with van der Waals surface area (Å²) in [5.74, 6) is -0.651. The van der Waals surface area contributed by atoms with Gasteiger partial charge in [-0.15, -0.1) is 0 Å². The van der Waals surface area contributed by atoms with Crippen molar-refractivity contribution in [3.8, 4) is 78.5 Å². The highest BCUT2D eigenvalue weighted by Gasteiger charge is 2.32. The molecule has 0 bridgehead atoms. The smallest absolute Gasteiger partial charge is 0.254 e. The molecule has 8 aromatic heterocycles. The topological polar surface area (TPSA) is 165 Å². The van der Waals surface area contributed by atoms with Gasteiger partial charge in [-0.25, -0.2) is 33.1 Å². The van der Waals surface area contributed by atoms with E-state index < -0.39 is 5.82 Å². The molecule has 142 heavy (non-hydrogen) atoms. The van der Waals surface area contributed by atoms with Crippen LogP contribution in [0.1, 0.15) is 84.6 Å². The van der Waals surface area contributed by atoms with Crippen LogP contribution in [0.5, 0.6) is 0 Å². The van der Waals surface area contributed by atoms with Crippen molar-refractivity contribution in [1.29, 1.82) is 0 Å². The lowest BCUT2D eigenvalue weighted by Crippen LogP contribution is -2.48. The predicted octanol–water partition coefficient (Wildman–Crippen LogP) is 24.1. The molecule has 0 radical (unpaired) electrons. The molecule has 20 nitrogen and oxygen atoms in total. The van der Waals surface area contributed by atoms with Crippen LogP contribution in [0.25, 0.3) is 101 Å². The summed E-state index contributed by atoms with van der Waals surface area (Å²) < 4.78 is 54.5. The van der Waals surface area contributed by atoms with Crippen molar-refractivity contribution >= 4 is 98.3 Å². The number of benzene rings is 10. The summed E-state index contributed by atoms with van der Waals surface area (Å²) in [5, 5.41) is 3.29. The third-order valence-corrected chi connectivity index (χ3v) is 28.0. The third kappa shape index (κ3) is 22.4. The van der Waals surface area contributed by atoms with Crippen LogP contribution in [0.4, 0.5) is 13.2 Å². The van der Waals surface area contributed by atoms with Crippen LogP contribution in [0.2, 0.25) is 25.1 Å². The summed E-state index contributed by atoms with van der Waals surface area (Å²) in [5.41, 5.74) is 24.8. The van der Waals surface area contributed by atoms with E-state index in [-0.39, 0.29) is 29.4 Å². The monoisotopic (exact) mass is 1990 g/mol. The number of aromatic nitrogens is 9. The fourth-order valence-electron chi connectivity index (χ4n) is 18.8. The SMILES string of the molecule is Clc1ccc(-c2nc3ccc(-c4ccccc4)cn3c2CN2CCOCC2)c(Cl)c1.O=C(c1ccc(F)cc1)N1CCN(Cc2c(-c3ccc(Cl)cc3)nc3ccc(C4CC4)cn23)CC1.O=C(c1ccc(F)cc1)N1CCN(Cc2c(-c3ccc(Cl)cc3)nc3cnc(-c4ccccc4)cn23)CC1.O=C(c1cccc(F)c1)N1CCCN(Cc2c(-c3ccc(Cl)cc3)nc3ccc(-c4ccccc4)cn23)CC1. The van der Waals surface area contributed by atoms with E-state index in [9.17, 15) is 27.6 Å². The van der Waals surface area contributed by atoms with Crippen molar-refractivity contribution < 1.29 is 32.3 Å². The molecule has 28 heteroatoms. The number of piperazine rings is 2. The number of carbonyl (C=O) groups excluding carboxylic acids is 3. The number of fused-ring (bicyclic) bond motifs is 4. The molecule has 4 saturated heterocycles. The highest BCUT2D eigenvalue weighted by atomic mass is 35.5. The van der Waals surface area contributed by atoms with E-state index in [0.29, 0.717) is 107 Å². The van der Waals surface area contributed by atoms with Gasteiger partial charge < -0.3 is 32.6 Å². The first-order chi connectivity index (χ1) is 69.3. The average Bonchev–Trinajstić information content (AvgIpc) is 1.63. The van der Waals surface area contributed by atoms with Crippen LogP contribution in [0, 0.1) is 17.5 Å². The summed E-state index contributed by atoms with van der Waals surface area (Å²) in [6.07, 6.45) is 13.8. The van der Waals surface area contributed by atoms with Gasteiger partial charge >= 0.3 is 0 Å².